The first kappa shape index (κ1) is 21.8. The lowest BCUT2D eigenvalue weighted by Gasteiger charge is -2.28. The third-order valence-electron chi connectivity index (χ3n) is 4.93. The molecule has 0 aliphatic carbocycles. The highest BCUT2D eigenvalue weighted by atomic mass is 32.1. The fourth-order valence-electron chi connectivity index (χ4n) is 3.55. The summed E-state index contributed by atoms with van der Waals surface area (Å²) in [7, 11) is 4.55. The number of hydrogen-bond acceptors (Lipinski definition) is 8. The minimum Gasteiger partial charge on any atom is -0.503 e. The second-order valence-electron chi connectivity index (χ2n) is 6.74. The molecule has 1 aliphatic heterocycles. The Bertz CT molecular complexity index is 1010. The van der Waals surface area contributed by atoms with Crippen molar-refractivity contribution in [2.45, 2.75) is 19.9 Å². The van der Waals surface area contributed by atoms with E-state index in [4.69, 9.17) is 14.2 Å². The fourth-order valence-corrected chi connectivity index (χ4v) is 4.42. The zero-order valence-corrected chi connectivity index (χ0v) is 18.3. The van der Waals surface area contributed by atoms with Gasteiger partial charge in [0.05, 0.1) is 48.0 Å². The number of carbonyl (C=O) groups is 2. The van der Waals surface area contributed by atoms with E-state index in [-0.39, 0.29) is 18.7 Å². The van der Waals surface area contributed by atoms with E-state index in [9.17, 15) is 14.7 Å². The van der Waals surface area contributed by atoms with Crippen molar-refractivity contribution in [3.05, 3.63) is 50.7 Å². The number of aliphatic hydroxyl groups is 1. The van der Waals surface area contributed by atoms with E-state index in [2.05, 4.69) is 4.98 Å². The number of ketones is 1. The lowest BCUT2D eigenvalue weighted by molar-refractivity contribution is -0.130. The number of amides is 1. The lowest BCUT2D eigenvalue weighted by Crippen LogP contribution is -2.34. The molecule has 2 aromatic rings. The van der Waals surface area contributed by atoms with Gasteiger partial charge in [-0.15, -0.1) is 11.3 Å². The molecular weight excluding hydrogens is 408 g/mol. The standard InChI is InChI=1S/C21H24N2O6S/c1-11-20(30-12(2)22-11)18(24)16-17(23(8-9-27-3)21(26)19(16)25)14-10-13(28-4)6-7-15(14)29-5/h6-7,10,17,25H,8-9H2,1-5H3. The van der Waals surface area contributed by atoms with Crippen molar-refractivity contribution >= 4 is 23.0 Å². The summed E-state index contributed by atoms with van der Waals surface area (Å²) in [4.78, 5) is 32.5. The van der Waals surface area contributed by atoms with Crippen molar-refractivity contribution in [1.82, 2.24) is 9.88 Å². The van der Waals surface area contributed by atoms with Gasteiger partial charge in [0.15, 0.2) is 5.76 Å². The Morgan fingerprint density at radius 1 is 1.23 bits per heavy atom. The fraction of sp³-hybridized carbons (Fsp3) is 0.381. The lowest BCUT2D eigenvalue weighted by atomic mass is 9.94. The molecule has 0 saturated heterocycles. The molecule has 9 heteroatoms. The number of rotatable bonds is 8. The number of aliphatic hydroxyl groups excluding tert-OH is 1. The van der Waals surface area contributed by atoms with Crippen LogP contribution in [-0.4, -0.2) is 61.2 Å². The molecule has 1 atom stereocenters. The SMILES string of the molecule is COCCN1C(=O)C(O)=C(C(=O)c2sc(C)nc2C)C1c1cc(OC)ccc1OC. The zero-order valence-electron chi connectivity index (χ0n) is 17.5. The van der Waals surface area contributed by atoms with Gasteiger partial charge in [-0.05, 0) is 32.0 Å². The molecule has 160 valence electrons. The van der Waals surface area contributed by atoms with Crippen LogP contribution >= 0.6 is 11.3 Å². The molecule has 8 nitrogen and oxygen atoms in total. The average Bonchev–Trinajstić information content (AvgIpc) is 3.21. The molecule has 2 heterocycles. The van der Waals surface area contributed by atoms with E-state index >= 15 is 0 Å². The van der Waals surface area contributed by atoms with Gasteiger partial charge in [0.2, 0.25) is 5.78 Å². The first-order valence-corrected chi connectivity index (χ1v) is 10.1. The second-order valence-corrected chi connectivity index (χ2v) is 7.94. The van der Waals surface area contributed by atoms with Gasteiger partial charge in [-0.2, -0.15) is 0 Å². The molecule has 0 spiro atoms. The summed E-state index contributed by atoms with van der Waals surface area (Å²) in [5.41, 5.74) is 1.09. The Hall–Kier alpha value is -2.91. The van der Waals surface area contributed by atoms with Crippen LogP contribution in [-0.2, 0) is 9.53 Å². The van der Waals surface area contributed by atoms with Crippen molar-refractivity contribution in [3.8, 4) is 11.5 Å². The van der Waals surface area contributed by atoms with Crippen LogP contribution in [0, 0.1) is 13.8 Å². The van der Waals surface area contributed by atoms with Crippen molar-refractivity contribution in [2.75, 3.05) is 34.5 Å². The smallest absolute Gasteiger partial charge is 0.290 e. The van der Waals surface area contributed by atoms with Crippen molar-refractivity contribution in [3.63, 3.8) is 0 Å². The van der Waals surface area contributed by atoms with E-state index in [0.29, 0.717) is 27.6 Å². The predicted molar refractivity (Wildman–Crippen MR) is 111 cm³/mol. The number of Topliss-reactive ketones (excluding diaryl/α,β-unsaturated/α-hetero) is 1. The Balaban J connectivity index is 2.19. The molecule has 1 amide bonds. The number of methoxy groups -OCH3 is 3. The molecule has 1 aromatic heterocycles. The molecule has 0 radical (unpaired) electrons. The highest BCUT2D eigenvalue weighted by Gasteiger charge is 2.45. The first-order chi connectivity index (χ1) is 14.3. The van der Waals surface area contributed by atoms with E-state index in [0.717, 1.165) is 5.01 Å². The summed E-state index contributed by atoms with van der Waals surface area (Å²) in [6, 6.07) is 4.27. The first-order valence-electron chi connectivity index (χ1n) is 9.27. The quantitative estimate of drug-likeness (QED) is 0.640. The average molecular weight is 432 g/mol. The van der Waals surface area contributed by atoms with Gasteiger partial charge in [0.25, 0.3) is 5.91 Å². The van der Waals surface area contributed by atoms with Crippen molar-refractivity contribution in [1.29, 1.82) is 0 Å². The van der Waals surface area contributed by atoms with Gasteiger partial charge in [-0.25, -0.2) is 4.98 Å². The zero-order chi connectivity index (χ0) is 22.0. The second kappa shape index (κ2) is 8.85. The summed E-state index contributed by atoms with van der Waals surface area (Å²) < 4.78 is 16.0. The van der Waals surface area contributed by atoms with Gasteiger partial charge in [-0.3, -0.25) is 9.59 Å². The number of aromatic nitrogens is 1. The monoisotopic (exact) mass is 432 g/mol. The summed E-state index contributed by atoms with van der Waals surface area (Å²) in [6.07, 6.45) is 0. The highest BCUT2D eigenvalue weighted by molar-refractivity contribution is 7.14. The van der Waals surface area contributed by atoms with Crippen LogP contribution in [0.25, 0.3) is 0 Å². The minimum absolute atomic E-state index is 0.00518. The Morgan fingerprint density at radius 2 is 1.97 bits per heavy atom. The number of hydrogen-bond donors (Lipinski definition) is 1. The topological polar surface area (TPSA) is 98.2 Å². The summed E-state index contributed by atoms with van der Waals surface area (Å²) >= 11 is 1.23. The van der Waals surface area contributed by atoms with Crippen LogP contribution in [0.3, 0.4) is 0 Å². The molecule has 0 fully saturated rings. The van der Waals surface area contributed by atoms with Crippen molar-refractivity contribution in [2.24, 2.45) is 0 Å². The third-order valence-corrected chi connectivity index (χ3v) is 6.00. The van der Waals surface area contributed by atoms with E-state index in [1.54, 1.807) is 32.0 Å². The molecule has 0 saturated carbocycles. The molecule has 30 heavy (non-hydrogen) atoms. The maximum absolute atomic E-state index is 13.5. The Labute approximate surface area is 178 Å². The van der Waals surface area contributed by atoms with Crippen LogP contribution in [0.2, 0.25) is 0 Å². The Morgan fingerprint density at radius 3 is 2.53 bits per heavy atom. The van der Waals surface area contributed by atoms with Gasteiger partial charge in [0, 0.05) is 19.2 Å². The van der Waals surface area contributed by atoms with Crippen LogP contribution in [0.4, 0.5) is 0 Å². The molecule has 1 aromatic carbocycles. The van der Waals surface area contributed by atoms with Gasteiger partial charge in [-0.1, -0.05) is 0 Å². The van der Waals surface area contributed by atoms with Crippen LogP contribution in [0.15, 0.2) is 29.5 Å². The maximum Gasteiger partial charge on any atom is 0.290 e. The number of nitrogens with zero attached hydrogens (tertiary/aromatic N) is 2. The van der Waals surface area contributed by atoms with Crippen LogP contribution in [0.1, 0.15) is 32.0 Å². The molecule has 1 unspecified atom stereocenters. The third kappa shape index (κ3) is 3.78. The van der Waals surface area contributed by atoms with Gasteiger partial charge >= 0.3 is 0 Å². The summed E-state index contributed by atoms with van der Waals surface area (Å²) in [6.45, 7) is 3.95. The number of thiazole rings is 1. The molecule has 1 aliphatic rings. The van der Waals surface area contributed by atoms with Gasteiger partial charge < -0.3 is 24.2 Å². The molecule has 0 bridgehead atoms. The van der Waals surface area contributed by atoms with E-state index in [1.807, 2.05) is 0 Å². The molecular formula is C21H24N2O6S. The van der Waals surface area contributed by atoms with Crippen LogP contribution < -0.4 is 9.47 Å². The number of ether oxygens (including phenoxy) is 3. The number of carbonyl (C=O) groups excluding carboxylic acids is 2. The minimum atomic E-state index is -0.855. The highest BCUT2D eigenvalue weighted by Crippen LogP contribution is 2.44. The van der Waals surface area contributed by atoms with Gasteiger partial charge in [0.1, 0.15) is 11.5 Å². The van der Waals surface area contributed by atoms with Crippen LogP contribution in [0.5, 0.6) is 11.5 Å². The summed E-state index contributed by atoms with van der Waals surface area (Å²) in [5.74, 6) is -0.638. The van der Waals surface area contributed by atoms with E-state index < -0.39 is 23.5 Å². The number of aryl methyl sites for hydroxylation is 2. The van der Waals surface area contributed by atoms with E-state index in [1.165, 1.54) is 37.6 Å². The normalized spacial score (nSPS) is 16.4. The molecule has 3 rings (SSSR count). The largest absolute Gasteiger partial charge is 0.503 e. The maximum atomic E-state index is 13.5. The summed E-state index contributed by atoms with van der Waals surface area (Å²) in [5, 5.41) is 11.4. The number of benzene rings is 1. The van der Waals surface area contributed by atoms with Crippen molar-refractivity contribution < 1.29 is 28.9 Å². The molecule has 1 N–H and O–H groups in total. The predicted octanol–water partition coefficient (Wildman–Crippen LogP) is 3.00. The Kier molecular flexibility index (Phi) is 6.42.